The lowest BCUT2D eigenvalue weighted by Crippen LogP contribution is -2.62. The highest BCUT2D eigenvalue weighted by Crippen LogP contribution is 2.45. The van der Waals surface area contributed by atoms with Gasteiger partial charge in [0.2, 0.25) is 5.91 Å². The maximum absolute atomic E-state index is 12.4. The average molecular weight is 290 g/mol. The second-order valence-electron chi connectivity index (χ2n) is 6.38. The smallest absolute Gasteiger partial charge is 0.222 e. The van der Waals surface area contributed by atoms with E-state index in [1.807, 2.05) is 31.0 Å². The first-order chi connectivity index (χ1) is 9.96. The van der Waals surface area contributed by atoms with E-state index in [-0.39, 0.29) is 23.5 Å². The molecular weight excluding hydrogens is 264 g/mol. The van der Waals surface area contributed by atoms with E-state index in [0.29, 0.717) is 6.42 Å². The molecule has 0 aromatic carbocycles. The van der Waals surface area contributed by atoms with Crippen molar-refractivity contribution in [1.29, 1.82) is 0 Å². The van der Waals surface area contributed by atoms with Gasteiger partial charge in [-0.25, -0.2) is 0 Å². The molecule has 1 aliphatic rings. The Hall–Kier alpha value is -1.42. The first-order valence-corrected chi connectivity index (χ1v) is 7.73. The molecule has 4 nitrogen and oxygen atoms in total. The molecule has 2 rings (SSSR count). The van der Waals surface area contributed by atoms with Gasteiger partial charge in [-0.2, -0.15) is 0 Å². The first-order valence-electron chi connectivity index (χ1n) is 7.73. The van der Waals surface area contributed by atoms with Crippen LogP contribution in [-0.4, -0.2) is 41.6 Å². The number of carbonyl (C=O) groups is 1. The summed E-state index contributed by atoms with van der Waals surface area (Å²) in [6.07, 6.45) is 6.07. The largest absolute Gasteiger partial charge is 0.378 e. The van der Waals surface area contributed by atoms with Crippen LogP contribution in [0.25, 0.3) is 0 Å². The number of carbonyl (C=O) groups excluding carboxylic acids is 1. The van der Waals surface area contributed by atoms with Crippen LogP contribution < -0.4 is 0 Å². The Morgan fingerprint density at radius 1 is 1.43 bits per heavy atom. The Morgan fingerprint density at radius 3 is 2.67 bits per heavy atom. The minimum Gasteiger partial charge on any atom is -0.378 e. The van der Waals surface area contributed by atoms with E-state index in [1.165, 1.54) is 0 Å². The van der Waals surface area contributed by atoms with Crippen molar-refractivity contribution in [3.05, 3.63) is 30.1 Å². The fraction of sp³-hybridized carbons (Fsp3) is 0.647. The minimum atomic E-state index is 0.0388. The molecule has 0 unspecified atom stereocenters. The molecule has 0 N–H and O–H groups in total. The summed E-state index contributed by atoms with van der Waals surface area (Å²) < 4.78 is 5.74. The molecule has 0 aliphatic heterocycles. The van der Waals surface area contributed by atoms with Gasteiger partial charge in [-0.3, -0.25) is 9.78 Å². The summed E-state index contributed by atoms with van der Waals surface area (Å²) in [6, 6.07) is 4.20. The molecule has 1 aromatic rings. The van der Waals surface area contributed by atoms with E-state index in [2.05, 4.69) is 18.8 Å². The predicted octanol–water partition coefficient (Wildman–Crippen LogP) is 2.68. The minimum absolute atomic E-state index is 0.0388. The summed E-state index contributed by atoms with van der Waals surface area (Å²) in [4.78, 5) is 18.3. The van der Waals surface area contributed by atoms with Gasteiger partial charge >= 0.3 is 0 Å². The molecule has 1 fully saturated rings. The molecule has 2 atom stereocenters. The van der Waals surface area contributed by atoms with Crippen molar-refractivity contribution >= 4 is 5.91 Å². The van der Waals surface area contributed by atoms with Crippen molar-refractivity contribution in [3.63, 3.8) is 0 Å². The number of nitrogens with zero attached hydrogens (tertiary/aromatic N) is 2. The summed E-state index contributed by atoms with van der Waals surface area (Å²) in [6.45, 7) is 7.13. The van der Waals surface area contributed by atoms with E-state index in [0.717, 1.165) is 25.0 Å². The van der Waals surface area contributed by atoms with Gasteiger partial charge in [0.1, 0.15) is 0 Å². The van der Waals surface area contributed by atoms with Crippen LogP contribution in [0.15, 0.2) is 24.5 Å². The third-order valence-electron chi connectivity index (χ3n) is 4.73. The van der Waals surface area contributed by atoms with E-state index in [9.17, 15) is 4.79 Å². The first kappa shape index (κ1) is 16.0. The van der Waals surface area contributed by atoms with Gasteiger partial charge in [-0.05, 0) is 37.5 Å². The Morgan fingerprint density at radius 2 is 2.10 bits per heavy atom. The van der Waals surface area contributed by atoms with Gasteiger partial charge in [0, 0.05) is 43.9 Å². The number of hydrogen-bond acceptors (Lipinski definition) is 3. The fourth-order valence-corrected chi connectivity index (χ4v) is 3.16. The molecule has 0 radical (unpaired) electrons. The van der Waals surface area contributed by atoms with Crippen LogP contribution in [0.4, 0.5) is 0 Å². The Balaban J connectivity index is 1.86. The van der Waals surface area contributed by atoms with Crippen LogP contribution in [0.3, 0.4) is 0 Å². The quantitative estimate of drug-likeness (QED) is 0.809. The summed E-state index contributed by atoms with van der Waals surface area (Å²) >= 11 is 0. The molecule has 1 aliphatic carbocycles. The topological polar surface area (TPSA) is 42.4 Å². The number of pyridine rings is 1. The second-order valence-corrected chi connectivity index (χ2v) is 6.38. The number of aryl methyl sites for hydroxylation is 1. The number of rotatable bonds is 6. The van der Waals surface area contributed by atoms with Crippen LogP contribution in [0.5, 0.6) is 0 Å². The maximum atomic E-state index is 12.4. The van der Waals surface area contributed by atoms with E-state index in [1.54, 1.807) is 12.4 Å². The van der Waals surface area contributed by atoms with Crippen molar-refractivity contribution in [1.82, 2.24) is 9.88 Å². The van der Waals surface area contributed by atoms with Crippen molar-refractivity contribution in [2.24, 2.45) is 5.41 Å². The number of hydrogen-bond donors (Lipinski definition) is 0. The number of amides is 1. The van der Waals surface area contributed by atoms with Gasteiger partial charge in [0.15, 0.2) is 0 Å². The average Bonchev–Trinajstić information content (AvgIpc) is 2.49. The second kappa shape index (κ2) is 6.56. The molecule has 1 saturated carbocycles. The summed E-state index contributed by atoms with van der Waals surface area (Å²) in [5, 5.41) is 0. The molecule has 1 heterocycles. The van der Waals surface area contributed by atoms with Crippen LogP contribution in [0, 0.1) is 5.41 Å². The van der Waals surface area contributed by atoms with E-state index >= 15 is 0 Å². The van der Waals surface area contributed by atoms with Gasteiger partial charge in [0.25, 0.3) is 0 Å². The Bertz CT molecular complexity index is 473. The Kier molecular flexibility index (Phi) is 4.99. The monoisotopic (exact) mass is 290 g/mol. The molecule has 0 saturated heterocycles. The fourth-order valence-electron chi connectivity index (χ4n) is 3.16. The zero-order chi connectivity index (χ0) is 15.5. The summed E-state index contributed by atoms with van der Waals surface area (Å²) in [7, 11) is 1.92. The number of ether oxygens (including phenoxy) is 1. The lowest BCUT2D eigenvalue weighted by molar-refractivity contribution is -0.163. The highest BCUT2D eigenvalue weighted by Gasteiger charge is 2.51. The molecule has 1 amide bonds. The molecule has 0 bridgehead atoms. The molecule has 21 heavy (non-hydrogen) atoms. The van der Waals surface area contributed by atoms with Gasteiger partial charge in [-0.1, -0.05) is 13.8 Å². The lowest BCUT2D eigenvalue weighted by atomic mass is 9.63. The van der Waals surface area contributed by atoms with Crippen molar-refractivity contribution in [2.75, 3.05) is 13.7 Å². The molecular formula is C17H26N2O2. The van der Waals surface area contributed by atoms with Crippen molar-refractivity contribution < 1.29 is 9.53 Å². The van der Waals surface area contributed by atoms with Crippen LogP contribution in [-0.2, 0) is 16.0 Å². The molecule has 116 valence electrons. The zero-order valence-electron chi connectivity index (χ0n) is 13.5. The van der Waals surface area contributed by atoms with Crippen molar-refractivity contribution in [3.8, 4) is 0 Å². The predicted molar refractivity (Wildman–Crippen MR) is 82.9 cm³/mol. The maximum Gasteiger partial charge on any atom is 0.222 e. The molecule has 1 aromatic heterocycles. The lowest BCUT2D eigenvalue weighted by Gasteiger charge is -2.54. The van der Waals surface area contributed by atoms with Crippen LogP contribution >= 0.6 is 0 Å². The standard InChI is InChI=1S/C17H26N2O2/c1-5-21-15-12-14(17(15,2)3)19(4)16(20)7-6-13-8-10-18-11-9-13/h8-11,14-15H,5-7,12H2,1-4H3/t14-,15-/m1/s1. The van der Waals surface area contributed by atoms with Crippen LogP contribution in [0.2, 0.25) is 0 Å². The van der Waals surface area contributed by atoms with Crippen LogP contribution in [0.1, 0.15) is 39.2 Å². The normalized spacial score (nSPS) is 23.4. The highest BCUT2D eigenvalue weighted by atomic mass is 16.5. The SMILES string of the molecule is CCO[C@@H]1C[C@@H](N(C)C(=O)CCc2ccncc2)C1(C)C. The summed E-state index contributed by atoms with van der Waals surface area (Å²) in [5.74, 6) is 0.208. The Labute approximate surface area is 127 Å². The highest BCUT2D eigenvalue weighted by molar-refractivity contribution is 5.76. The van der Waals surface area contributed by atoms with Gasteiger partial charge < -0.3 is 9.64 Å². The summed E-state index contributed by atoms with van der Waals surface area (Å²) in [5.41, 5.74) is 1.20. The third kappa shape index (κ3) is 3.43. The third-order valence-corrected chi connectivity index (χ3v) is 4.73. The zero-order valence-corrected chi connectivity index (χ0v) is 13.5. The van der Waals surface area contributed by atoms with Gasteiger partial charge in [-0.15, -0.1) is 0 Å². The number of aromatic nitrogens is 1. The molecule has 0 spiro atoms. The van der Waals surface area contributed by atoms with Gasteiger partial charge in [0.05, 0.1) is 6.10 Å². The van der Waals surface area contributed by atoms with Crippen molar-refractivity contribution in [2.45, 2.75) is 52.2 Å². The van der Waals surface area contributed by atoms with E-state index in [4.69, 9.17) is 4.74 Å². The van der Waals surface area contributed by atoms with E-state index < -0.39 is 0 Å². The molecule has 4 heteroatoms.